The van der Waals surface area contributed by atoms with E-state index in [-0.39, 0.29) is 29.2 Å². The lowest BCUT2D eigenvalue weighted by molar-refractivity contribution is -0.170. The third-order valence-corrected chi connectivity index (χ3v) is 10.9. The highest BCUT2D eigenvalue weighted by Crippen LogP contribution is 2.67. The van der Waals surface area contributed by atoms with Crippen LogP contribution in [0.5, 0.6) is 0 Å². The molecule has 0 aromatic carbocycles. The summed E-state index contributed by atoms with van der Waals surface area (Å²) in [5.41, 5.74) is 1.81. The van der Waals surface area contributed by atoms with Gasteiger partial charge in [-0.3, -0.25) is 9.59 Å². The summed E-state index contributed by atoms with van der Waals surface area (Å²) in [5.74, 6) is 3.89. The molecule has 5 aliphatic rings. The number of carbonyl (C=O) groups is 2. The van der Waals surface area contributed by atoms with Crippen LogP contribution in [0.15, 0.2) is 23.8 Å². The summed E-state index contributed by atoms with van der Waals surface area (Å²) in [4.78, 5) is 24.4. The van der Waals surface area contributed by atoms with Crippen molar-refractivity contribution in [2.75, 3.05) is 0 Å². The zero-order valence-electron chi connectivity index (χ0n) is 20.0. The van der Waals surface area contributed by atoms with E-state index >= 15 is 0 Å². The molecule has 0 N–H and O–H groups in total. The maximum atomic E-state index is 12.4. The molecular formula is C28H40O3. The first-order valence-electron chi connectivity index (χ1n) is 12.8. The number of hydrogen-bond acceptors (Lipinski definition) is 3. The number of fused-ring (bicyclic) bond motifs is 5. The average molecular weight is 425 g/mol. The standard InChI is InChI=1S/C28H40O3/c1-16-14-25(31-26(30)17(16)2)18(3)22-8-9-23-21-7-6-19-15-20(29)10-12-27(19,4)24(21)11-13-28(22,23)5/h10,12,15-18,21-25H,6-9,11,13-14H2,1-5H3/t16-,17+,18-,21-,22+,23-,24-,25+,27-,28+/m0/s1. The van der Waals surface area contributed by atoms with E-state index < -0.39 is 0 Å². The summed E-state index contributed by atoms with van der Waals surface area (Å²) in [5, 5.41) is 0. The number of rotatable bonds is 2. The molecule has 0 spiro atoms. The maximum absolute atomic E-state index is 12.4. The Bertz CT molecular complexity index is 839. The molecule has 4 fully saturated rings. The van der Waals surface area contributed by atoms with Crippen molar-refractivity contribution in [1.82, 2.24) is 0 Å². The van der Waals surface area contributed by atoms with Gasteiger partial charge in [0.2, 0.25) is 0 Å². The second kappa shape index (κ2) is 7.32. The predicted octanol–water partition coefficient (Wildman–Crippen LogP) is 6.13. The van der Waals surface area contributed by atoms with Crippen molar-refractivity contribution >= 4 is 11.8 Å². The third-order valence-electron chi connectivity index (χ3n) is 10.9. The molecule has 1 aliphatic heterocycles. The summed E-state index contributed by atoms with van der Waals surface area (Å²) in [6, 6.07) is 0. The number of ketones is 1. The Morgan fingerprint density at radius 1 is 1.06 bits per heavy atom. The molecule has 0 aromatic rings. The number of carbonyl (C=O) groups excluding carboxylic acids is 2. The van der Waals surface area contributed by atoms with Crippen LogP contribution in [0.3, 0.4) is 0 Å². The van der Waals surface area contributed by atoms with Gasteiger partial charge >= 0.3 is 5.97 Å². The van der Waals surface area contributed by atoms with Gasteiger partial charge in [-0.2, -0.15) is 0 Å². The molecule has 4 aliphatic carbocycles. The minimum Gasteiger partial charge on any atom is -0.462 e. The van der Waals surface area contributed by atoms with Crippen molar-refractivity contribution < 1.29 is 14.3 Å². The van der Waals surface area contributed by atoms with Gasteiger partial charge < -0.3 is 4.74 Å². The Kier molecular flexibility index (Phi) is 5.07. The van der Waals surface area contributed by atoms with Crippen LogP contribution in [-0.2, 0) is 14.3 Å². The van der Waals surface area contributed by atoms with Gasteiger partial charge in [0.25, 0.3) is 0 Å². The van der Waals surface area contributed by atoms with E-state index in [2.05, 4.69) is 33.8 Å². The molecule has 3 heteroatoms. The van der Waals surface area contributed by atoms with Gasteiger partial charge in [-0.05, 0) is 98.0 Å². The highest BCUT2D eigenvalue weighted by atomic mass is 16.5. The second-order valence-corrected chi connectivity index (χ2v) is 12.2. The van der Waals surface area contributed by atoms with Crippen molar-refractivity contribution in [2.24, 2.45) is 52.3 Å². The average Bonchev–Trinajstić information content (AvgIpc) is 3.08. The van der Waals surface area contributed by atoms with Gasteiger partial charge in [0.1, 0.15) is 6.10 Å². The molecule has 0 aromatic heterocycles. The molecule has 0 unspecified atom stereocenters. The van der Waals surface area contributed by atoms with Gasteiger partial charge in [-0.15, -0.1) is 0 Å². The topological polar surface area (TPSA) is 43.4 Å². The van der Waals surface area contributed by atoms with Crippen LogP contribution in [0.2, 0.25) is 0 Å². The molecule has 5 rings (SSSR count). The molecule has 10 atom stereocenters. The van der Waals surface area contributed by atoms with Gasteiger partial charge in [-0.25, -0.2) is 0 Å². The first-order valence-corrected chi connectivity index (χ1v) is 12.8. The van der Waals surface area contributed by atoms with Gasteiger partial charge in [0.05, 0.1) is 5.92 Å². The fourth-order valence-corrected chi connectivity index (χ4v) is 8.79. The zero-order chi connectivity index (χ0) is 22.1. The molecule has 0 amide bonds. The van der Waals surface area contributed by atoms with Gasteiger partial charge in [-0.1, -0.05) is 46.3 Å². The summed E-state index contributed by atoms with van der Waals surface area (Å²) >= 11 is 0. The van der Waals surface area contributed by atoms with Crippen LogP contribution in [-0.4, -0.2) is 17.9 Å². The first kappa shape index (κ1) is 21.5. The van der Waals surface area contributed by atoms with E-state index in [1.807, 2.05) is 19.1 Å². The number of ether oxygens (including phenoxy) is 1. The fraction of sp³-hybridized carbons (Fsp3) is 0.786. The quantitative estimate of drug-likeness (QED) is 0.501. The highest BCUT2D eigenvalue weighted by Gasteiger charge is 2.60. The van der Waals surface area contributed by atoms with E-state index in [9.17, 15) is 9.59 Å². The molecule has 0 radical (unpaired) electrons. The number of allylic oxidation sites excluding steroid dienone is 4. The van der Waals surface area contributed by atoms with Crippen molar-refractivity contribution in [1.29, 1.82) is 0 Å². The highest BCUT2D eigenvalue weighted by molar-refractivity contribution is 6.01. The second-order valence-electron chi connectivity index (χ2n) is 12.2. The minimum atomic E-state index is 0.0113. The Balaban J connectivity index is 1.37. The SMILES string of the molecule is C[C@@H]([C@H]1CC[C@H]2[C@@H]3CCC4=CC(=O)C=C[C@]4(C)[C@H]3CC[C@]12C)[C@H]1C[C@H](C)[C@@H](C)C(=O)O1. The third kappa shape index (κ3) is 3.12. The van der Waals surface area contributed by atoms with E-state index in [0.29, 0.717) is 29.1 Å². The summed E-state index contributed by atoms with van der Waals surface area (Å²) in [6.07, 6.45) is 14.5. The molecule has 31 heavy (non-hydrogen) atoms. The lowest BCUT2D eigenvalue weighted by atomic mass is 9.47. The Hall–Kier alpha value is -1.38. The molecule has 1 heterocycles. The molecule has 170 valence electrons. The molecule has 3 nitrogen and oxygen atoms in total. The summed E-state index contributed by atoms with van der Waals surface area (Å²) in [6.45, 7) is 11.5. The Morgan fingerprint density at radius 2 is 1.84 bits per heavy atom. The van der Waals surface area contributed by atoms with Crippen LogP contribution in [0, 0.1) is 52.3 Å². The number of cyclic esters (lactones) is 1. The molecule has 1 saturated heterocycles. The van der Waals surface area contributed by atoms with Crippen molar-refractivity contribution in [2.45, 2.75) is 85.7 Å². The van der Waals surface area contributed by atoms with Crippen molar-refractivity contribution in [3.8, 4) is 0 Å². The fourth-order valence-electron chi connectivity index (χ4n) is 8.79. The van der Waals surface area contributed by atoms with Crippen molar-refractivity contribution in [3.05, 3.63) is 23.8 Å². The van der Waals surface area contributed by atoms with Crippen LogP contribution >= 0.6 is 0 Å². The number of hydrogen-bond donors (Lipinski definition) is 0. The zero-order valence-corrected chi connectivity index (χ0v) is 20.0. The van der Waals surface area contributed by atoms with Crippen LogP contribution in [0.1, 0.15) is 79.6 Å². The summed E-state index contributed by atoms with van der Waals surface area (Å²) < 4.78 is 5.98. The van der Waals surface area contributed by atoms with E-state index in [1.165, 1.54) is 37.7 Å². The number of esters is 1. The molecule has 3 saturated carbocycles. The smallest absolute Gasteiger partial charge is 0.309 e. The minimum absolute atomic E-state index is 0.0113. The normalized spacial score (nSPS) is 50.1. The molecular weight excluding hydrogens is 384 g/mol. The largest absolute Gasteiger partial charge is 0.462 e. The van der Waals surface area contributed by atoms with E-state index in [4.69, 9.17) is 4.74 Å². The summed E-state index contributed by atoms with van der Waals surface area (Å²) in [7, 11) is 0. The maximum Gasteiger partial charge on any atom is 0.309 e. The van der Waals surface area contributed by atoms with Crippen LogP contribution < -0.4 is 0 Å². The van der Waals surface area contributed by atoms with Crippen LogP contribution in [0.25, 0.3) is 0 Å². The van der Waals surface area contributed by atoms with E-state index in [1.54, 1.807) is 0 Å². The Morgan fingerprint density at radius 3 is 2.58 bits per heavy atom. The molecule has 0 bridgehead atoms. The lowest BCUT2D eigenvalue weighted by Crippen LogP contribution is -2.51. The van der Waals surface area contributed by atoms with Crippen molar-refractivity contribution in [3.63, 3.8) is 0 Å². The van der Waals surface area contributed by atoms with E-state index in [0.717, 1.165) is 24.7 Å². The lowest BCUT2D eigenvalue weighted by Gasteiger charge is -2.57. The van der Waals surface area contributed by atoms with Crippen LogP contribution in [0.4, 0.5) is 0 Å². The predicted molar refractivity (Wildman–Crippen MR) is 122 cm³/mol. The monoisotopic (exact) mass is 424 g/mol. The van der Waals surface area contributed by atoms with Gasteiger partial charge in [0.15, 0.2) is 5.78 Å². The Labute approximate surface area is 188 Å². The van der Waals surface area contributed by atoms with Gasteiger partial charge in [0, 0.05) is 5.41 Å². The first-order chi connectivity index (χ1) is 14.6.